The van der Waals surface area contributed by atoms with Gasteiger partial charge in [-0.05, 0) is 18.2 Å². The van der Waals surface area contributed by atoms with Crippen LogP contribution in [0, 0.1) is 5.95 Å². The molecule has 2 heterocycles. The Bertz CT molecular complexity index is 661. The molecule has 21 heavy (non-hydrogen) atoms. The van der Waals surface area contributed by atoms with Crippen molar-refractivity contribution in [3.8, 4) is 5.88 Å². The van der Waals surface area contributed by atoms with E-state index in [1.165, 1.54) is 25.4 Å². The van der Waals surface area contributed by atoms with Crippen molar-refractivity contribution in [2.24, 2.45) is 0 Å². The zero-order valence-electron chi connectivity index (χ0n) is 11.9. The summed E-state index contributed by atoms with van der Waals surface area (Å²) in [5.74, 6) is -1.20. The van der Waals surface area contributed by atoms with E-state index in [2.05, 4.69) is 15.3 Å². The highest BCUT2D eigenvalue weighted by Crippen LogP contribution is 2.32. The van der Waals surface area contributed by atoms with Crippen LogP contribution in [-0.4, -0.2) is 37.1 Å². The van der Waals surface area contributed by atoms with E-state index < -0.39 is 11.9 Å². The first-order valence-electron chi connectivity index (χ1n) is 6.16. The van der Waals surface area contributed by atoms with E-state index in [-0.39, 0.29) is 11.4 Å². The van der Waals surface area contributed by atoms with E-state index >= 15 is 0 Å². The molecule has 0 atom stereocenters. The summed E-state index contributed by atoms with van der Waals surface area (Å²) in [5, 5.41) is 2.62. The fourth-order valence-corrected chi connectivity index (χ4v) is 1.81. The van der Waals surface area contributed by atoms with Gasteiger partial charge in [0.25, 0.3) is 5.91 Å². The first kappa shape index (κ1) is 14.7. The summed E-state index contributed by atoms with van der Waals surface area (Å²) in [6.07, 6.45) is 2.84. The minimum Gasteiger partial charge on any atom is -0.479 e. The highest BCUT2D eigenvalue weighted by Gasteiger charge is 2.18. The number of nitrogens with zero attached hydrogens (tertiary/aromatic N) is 3. The molecule has 110 valence electrons. The number of anilines is 2. The second kappa shape index (κ2) is 6.17. The van der Waals surface area contributed by atoms with Gasteiger partial charge in [-0.3, -0.25) is 4.79 Å². The number of carbonyl (C=O) groups excluding carboxylic acids is 1. The third kappa shape index (κ3) is 3.07. The fourth-order valence-electron chi connectivity index (χ4n) is 1.81. The predicted molar refractivity (Wildman–Crippen MR) is 77.3 cm³/mol. The van der Waals surface area contributed by atoms with Crippen LogP contribution in [0.4, 0.5) is 15.8 Å². The molecule has 0 aliphatic heterocycles. The minimum absolute atomic E-state index is 0.145. The molecule has 0 aliphatic carbocycles. The molecule has 0 unspecified atom stereocenters. The minimum atomic E-state index is -0.829. The number of hydrogen-bond acceptors (Lipinski definition) is 5. The molecule has 2 aromatic heterocycles. The lowest BCUT2D eigenvalue weighted by atomic mass is 10.2. The van der Waals surface area contributed by atoms with E-state index in [4.69, 9.17) is 4.74 Å². The van der Waals surface area contributed by atoms with Gasteiger partial charge >= 0.3 is 0 Å². The molecule has 0 radical (unpaired) electrons. The molecule has 0 fully saturated rings. The number of pyridine rings is 2. The Balaban J connectivity index is 2.39. The Labute approximate surface area is 121 Å². The van der Waals surface area contributed by atoms with Crippen molar-refractivity contribution in [2.75, 3.05) is 31.4 Å². The van der Waals surface area contributed by atoms with E-state index in [9.17, 15) is 9.18 Å². The van der Waals surface area contributed by atoms with Crippen LogP contribution in [0.1, 0.15) is 10.4 Å². The predicted octanol–water partition coefficient (Wildman–Crippen LogP) is 1.94. The van der Waals surface area contributed by atoms with Crippen molar-refractivity contribution in [1.29, 1.82) is 0 Å². The maximum absolute atomic E-state index is 13.6. The molecule has 1 N–H and O–H groups in total. The van der Waals surface area contributed by atoms with Gasteiger partial charge in [-0.25, -0.2) is 9.97 Å². The monoisotopic (exact) mass is 290 g/mol. The topological polar surface area (TPSA) is 67.3 Å². The molecule has 0 spiro atoms. The molecule has 2 rings (SSSR count). The first-order valence-corrected chi connectivity index (χ1v) is 6.16. The Morgan fingerprint density at radius 2 is 2.05 bits per heavy atom. The van der Waals surface area contributed by atoms with Crippen molar-refractivity contribution < 1.29 is 13.9 Å². The van der Waals surface area contributed by atoms with Crippen LogP contribution >= 0.6 is 0 Å². The molecule has 0 saturated carbocycles. The lowest BCUT2D eigenvalue weighted by Gasteiger charge is -2.19. The van der Waals surface area contributed by atoms with Gasteiger partial charge in [-0.1, -0.05) is 0 Å². The Kier molecular flexibility index (Phi) is 4.32. The molecular weight excluding hydrogens is 275 g/mol. The second-order valence-electron chi connectivity index (χ2n) is 4.40. The number of amides is 1. The van der Waals surface area contributed by atoms with Crippen LogP contribution in [0.25, 0.3) is 0 Å². The Hall–Kier alpha value is -2.70. The van der Waals surface area contributed by atoms with Crippen LogP contribution in [0.2, 0.25) is 0 Å². The maximum Gasteiger partial charge on any atom is 0.260 e. The maximum atomic E-state index is 13.6. The Morgan fingerprint density at radius 3 is 2.67 bits per heavy atom. The lowest BCUT2D eigenvalue weighted by molar-refractivity contribution is 0.102. The van der Waals surface area contributed by atoms with Crippen LogP contribution in [0.3, 0.4) is 0 Å². The zero-order chi connectivity index (χ0) is 15.4. The summed E-state index contributed by atoms with van der Waals surface area (Å²) < 4.78 is 18.7. The zero-order valence-corrected chi connectivity index (χ0v) is 11.9. The summed E-state index contributed by atoms with van der Waals surface area (Å²) in [7, 11) is 5.08. The average Bonchev–Trinajstić information content (AvgIpc) is 2.47. The third-order valence-electron chi connectivity index (χ3n) is 2.81. The molecule has 0 bridgehead atoms. The molecule has 0 saturated heterocycles. The van der Waals surface area contributed by atoms with Gasteiger partial charge < -0.3 is 15.0 Å². The van der Waals surface area contributed by atoms with E-state index in [0.29, 0.717) is 11.4 Å². The molecule has 0 aromatic carbocycles. The highest BCUT2D eigenvalue weighted by molar-refractivity contribution is 6.06. The molecule has 7 heteroatoms. The first-order chi connectivity index (χ1) is 10.0. The van der Waals surface area contributed by atoms with E-state index in [1.54, 1.807) is 17.2 Å². The van der Waals surface area contributed by atoms with Crippen molar-refractivity contribution in [3.05, 3.63) is 42.1 Å². The summed E-state index contributed by atoms with van der Waals surface area (Å²) in [6, 6.07) is 4.57. The SMILES string of the molecule is COc1nccc(N(C)C)c1NC(=O)c1cccnc1F. The molecule has 1 amide bonds. The number of carbonyl (C=O) groups is 1. The summed E-state index contributed by atoms with van der Waals surface area (Å²) in [6.45, 7) is 0. The van der Waals surface area contributed by atoms with Crippen molar-refractivity contribution >= 4 is 17.3 Å². The number of aromatic nitrogens is 2. The van der Waals surface area contributed by atoms with Gasteiger partial charge in [0.1, 0.15) is 5.69 Å². The number of nitrogens with one attached hydrogen (secondary N) is 1. The molecule has 2 aromatic rings. The third-order valence-corrected chi connectivity index (χ3v) is 2.81. The fraction of sp³-hybridized carbons (Fsp3) is 0.214. The number of methoxy groups -OCH3 is 1. The van der Waals surface area contributed by atoms with Gasteiger partial charge in [0.05, 0.1) is 18.4 Å². The smallest absolute Gasteiger partial charge is 0.260 e. The molecular formula is C14H15FN4O2. The van der Waals surface area contributed by atoms with Crippen LogP contribution < -0.4 is 15.0 Å². The summed E-state index contributed by atoms with van der Waals surface area (Å²) in [4.78, 5) is 21.5. The van der Waals surface area contributed by atoms with E-state index in [0.717, 1.165) is 0 Å². The van der Waals surface area contributed by atoms with E-state index in [1.807, 2.05) is 14.1 Å². The molecule has 6 nitrogen and oxygen atoms in total. The van der Waals surface area contributed by atoms with Crippen molar-refractivity contribution in [3.63, 3.8) is 0 Å². The lowest BCUT2D eigenvalue weighted by Crippen LogP contribution is -2.19. The van der Waals surface area contributed by atoms with Crippen LogP contribution in [0.15, 0.2) is 30.6 Å². The highest BCUT2D eigenvalue weighted by atomic mass is 19.1. The van der Waals surface area contributed by atoms with Crippen LogP contribution in [0.5, 0.6) is 5.88 Å². The van der Waals surface area contributed by atoms with Gasteiger partial charge in [-0.2, -0.15) is 4.39 Å². The van der Waals surface area contributed by atoms with Gasteiger partial charge in [-0.15, -0.1) is 0 Å². The number of ether oxygens (including phenoxy) is 1. The second-order valence-corrected chi connectivity index (χ2v) is 4.40. The summed E-state index contributed by atoms with van der Waals surface area (Å²) in [5.41, 5.74) is 0.922. The number of hydrogen-bond donors (Lipinski definition) is 1. The quantitative estimate of drug-likeness (QED) is 0.872. The normalized spacial score (nSPS) is 10.1. The largest absolute Gasteiger partial charge is 0.479 e. The van der Waals surface area contributed by atoms with Crippen LogP contribution in [-0.2, 0) is 0 Å². The standard InChI is InChI=1S/C14H15FN4O2/c1-19(2)10-6-8-17-14(21-3)11(10)18-13(20)9-5-4-7-16-12(9)15/h4-8H,1-3H3,(H,18,20). The number of halogens is 1. The van der Waals surface area contributed by atoms with Crippen molar-refractivity contribution in [2.45, 2.75) is 0 Å². The van der Waals surface area contributed by atoms with Gasteiger partial charge in [0.15, 0.2) is 0 Å². The Morgan fingerprint density at radius 1 is 1.29 bits per heavy atom. The number of rotatable bonds is 4. The molecule has 0 aliphatic rings. The summed E-state index contributed by atoms with van der Waals surface area (Å²) >= 11 is 0. The van der Waals surface area contributed by atoms with Crippen molar-refractivity contribution in [1.82, 2.24) is 9.97 Å². The average molecular weight is 290 g/mol. The van der Waals surface area contributed by atoms with Gasteiger partial charge in [0, 0.05) is 26.5 Å². The van der Waals surface area contributed by atoms with Gasteiger partial charge in [0.2, 0.25) is 11.8 Å².